The van der Waals surface area contributed by atoms with Gasteiger partial charge in [0, 0.05) is 31.6 Å². The summed E-state index contributed by atoms with van der Waals surface area (Å²) in [4.78, 5) is 15.0. The number of hydrogen-bond acceptors (Lipinski definition) is 7. The van der Waals surface area contributed by atoms with E-state index in [1.807, 2.05) is 26.8 Å². The van der Waals surface area contributed by atoms with E-state index in [1.165, 1.54) is 0 Å². The zero-order valence-electron chi connectivity index (χ0n) is 19.4. The van der Waals surface area contributed by atoms with E-state index in [2.05, 4.69) is 10.2 Å². The molecule has 1 heterocycles. The minimum absolute atomic E-state index is 0.170. The number of anilines is 2. The molecular formula is C24H32N2O6S. The number of aryl methyl sites for hydroxylation is 1. The third-order valence-electron chi connectivity index (χ3n) is 5.26. The maximum absolute atomic E-state index is 12.7. The molecule has 0 aromatic heterocycles. The van der Waals surface area contributed by atoms with Crippen LogP contribution in [0.5, 0.6) is 11.5 Å². The third-order valence-corrected chi connectivity index (χ3v) is 7.00. The van der Waals surface area contributed by atoms with Crippen LogP contribution in [0, 0.1) is 6.92 Å². The average Bonchev–Trinajstić information content (AvgIpc) is 2.80. The molecule has 1 aliphatic heterocycles. The molecule has 1 aliphatic rings. The van der Waals surface area contributed by atoms with Crippen molar-refractivity contribution in [2.24, 2.45) is 0 Å². The van der Waals surface area contributed by atoms with Gasteiger partial charge in [0.05, 0.1) is 48.5 Å². The Balaban J connectivity index is 1.77. The van der Waals surface area contributed by atoms with E-state index in [0.717, 1.165) is 24.3 Å². The maximum Gasteiger partial charge on any atom is 0.225 e. The molecule has 0 radical (unpaired) electrons. The van der Waals surface area contributed by atoms with Gasteiger partial charge in [-0.15, -0.1) is 0 Å². The number of benzene rings is 2. The molecule has 1 fully saturated rings. The lowest BCUT2D eigenvalue weighted by Gasteiger charge is -2.31. The van der Waals surface area contributed by atoms with Crippen molar-refractivity contribution in [3.05, 3.63) is 42.0 Å². The lowest BCUT2D eigenvalue weighted by Crippen LogP contribution is -2.36. The van der Waals surface area contributed by atoms with Gasteiger partial charge in [0.25, 0.3) is 0 Å². The molecule has 1 N–H and O–H groups in total. The van der Waals surface area contributed by atoms with Crippen LogP contribution >= 0.6 is 0 Å². The molecule has 0 bridgehead atoms. The van der Waals surface area contributed by atoms with Crippen molar-refractivity contribution < 1.29 is 27.4 Å². The standard InChI is InChI=1S/C24H32N2O6S/c1-4-31-22-17-21(26-11-13-30-14-12-26)23(32-5-2)16-20(22)25-24(27)10-15-33(28,29)19-8-6-18(3)7-9-19/h6-9,16-17H,4-5,10-15H2,1-3H3,(H,25,27). The summed E-state index contributed by atoms with van der Waals surface area (Å²) in [7, 11) is -3.56. The third kappa shape index (κ3) is 6.61. The Kier molecular flexibility index (Phi) is 8.57. The summed E-state index contributed by atoms with van der Waals surface area (Å²) in [5.41, 5.74) is 2.30. The highest BCUT2D eigenvalue weighted by Crippen LogP contribution is 2.39. The Bertz CT molecular complexity index is 1050. The fraction of sp³-hybridized carbons (Fsp3) is 0.458. The van der Waals surface area contributed by atoms with E-state index in [1.54, 1.807) is 30.3 Å². The second-order valence-corrected chi connectivity index (χ2v) is 9.82. The predicted octanol–water partition coefficient (Wildman–Crippen LogP) is 3.43. The first-order valence-electron chi connectivity index (χ1n) is 11.2. The zero-order valence-corrected chi connectivity index (χ0v) is 20.2. The number of hydrogen-bond donors (Lipinski definition) is 1. The molecule has 0 spiro atoms. The van der Waals surface area contributed by atoms with Crippen LogP contribution in [0.25, 0.3) is 0 Å². The molecule has 1 saturated heterocycles. The van der Waals surface area contributed by atoms with Gasteiger partial charge in [0.2, 0.25) is 5.91 Å². The highest BCUT2D eigenvalue weighted by Gasteiger charge is 2.21. The number of carbonyl (C=O) groups excluding carboxylic acids is 1. The summed E-state index contributed by atoms with van der Waals surface area (Å²) < 4.78 is 42.2. The minimum Gasteiger partial charge on any atom is -0.492 e. The summed E-state index contributed by atoms with van der Waals surface area (Å²) >= 11 is 0. The molecule has 2 aromatic rings. The summed E-state index contributed by atoms with van der Waals surface area (Å²) in [5, 5.41) is 2.81. The van der Waals surface area contributed by atoms with Crippen LogP contribution in [0.4, 0.5) is 11.4 Å². The first kappa shape index (κ1) is 24.9. The van der Waals surface area contributed by atoms with Gasteiger partial charge in [0.15, 0.2) is 9.84 Å². The van der Waals surface area contributed by atoms with Crippen molar-refractivity contribution in [1.29, 1.82) is 0 Å². The molecule has 1 amide bonds. The Morgan fingerprint density at radius 1 is 1.03 bits per heavy atom. The second kappa shape index (κ2) is 11.4. The Hall–Kier alpha value is -2.78. The molecule has 33 heavy (non-hydrogen) atoms. The van der Waals surface area contributed by atoms with Crippen molar-refractivity contribution in [2.45, 2.75) is 32.1 Å². The molecule has 9 heteroatoms. The molecule has 3 rings (SSSR count). The van der Waals surface area contributed by atoms with Gasteiger partial charge in [-0.05, 0) is 32.9 Å². The SMILES string of the molecule is CCOc1cc(N2CCOCC2)c(OCC)cc1NC(=O)CCS(=O)(=O)c1ccc(C)cc1. The van der Waals surface area contributed by atoms with Crippen LogP contribution in [0.15, 0.2) is 41.3 Å². The number of amides is 1. The average molecular weight is 477 g/mol. The monoisotopic (exact) mass is 476 g/mol. The van der Waals surface area contributed by atoms with Gasteiger partial charge in [-0.2, -0.15) is 0 Å². The fourth-order valence-corrected chi connectivity index (χ4v) is 4.79. The van der Waals surface area contributed by atoms with Gasteiger partial charge in [-0.25, -0.2) is 8.42 Å². The Labute approximate surface area is 195 Å². The first-order valence-corrected chi connectivity index (χ1v) is 12.8. The quantitative estimate of drug-likeness (QED) is 0.561. The van der Waals surface area contributed by atoms with E-state index in [9.17, 15) is 13.2 Å². The Morgan fingerprint density at radius 2 is 1.67 bits per heavy atom. The molecule has 0 saturated carbocycles. The molecule has 0 aliphatic carbocycles. The van der Waals surface area contributed by atoms with Crippen molar-refractivity contribution in [2.75, 3.05) is 55.5 Å². The van der Waals surface area contributed by atoms with Crippen LogP contribution in [-0.4, -0.2) is 59.6 Å². The first-order chi connectivity index (χ1) is 15.8. The molecule has 2 aromatic carbocycles. The van der Waals surface area contributed by atoms with Gasteiger partial charge >= 0.3 is 0 Å². The van der Waals surface area contributed by atoms with E-state index in [4.69, 9.17) is 14.2 Å². The van der Waals surface area contributed by atoms with E-state index in [0.29, 0.717) is 43.6 Å². The van der Waals surface area contributed by atoms with Crippen LogP contribution < -0.4 is 19.7 Å². The number of nitrogens with one attached hydrogen (secondary N) is 1. The van der Waals surface area contributed by atoms with Crippen LogP contribution in [0.3, 0.4) is 0 Å². The summed E-state index contributed by atoms with van der Waals surface area (Å²) in [6, 6.07) is 10.2. The topological polar surface area (TPSA) is 94.2 Å². The van der Waals surface area contributed by atoms with Crippen molar-refractivity contribution in [3.8, 4) is 11.5 Å². The fourth-order valence-electron chi connectivity index (χ4n) is 3.55. The van der Waals surface area contributed by atoms with E-state index < -0.39 is 15.7 Å². The minimum atomic E-state index is -3.56. The molecular weight excluding hydrogens is 444 g/mol. The number of rotatable bonds is 10. The van der Waals surface area contributed by atoms with Crippen molar-refractivity contribution >= 4 is 27.1 Å². The molecule has 180 valence electrons. The van der Waals surface area contributed by atoms with Gasteiger partial charge in [-0.1, -0.05) is 17.7 Å². The summed E-state index contributed by atoms with van der Waals surface area (Å²) in [6.45, 7) is 9.25. The zero-order chi connectivity index (χ0) is 23.8. The van der Waals surface area contributed by atoms with E-state index in [-0.39, 0.29) is 17.1 Å². The highest BCUT2D eigenvalue weighted by molar-refractivity contribution is 7.91. The van der Waals surface area contributed by atoms with Crippen LogP contribution in [0.2, 0.25) is 0 Å². The van der Waals surface area contributed by atoms with Crippen molar-refractivity contribution in [3.63, 3.8) is 0 Å². The number of carbonyl (C=O) groups is 1. The highest BCUT2D eigenvalue weighted by atomic mass is 32.2. The number of sulfone groups is 1. The predicted molar refractivity (Wildman–Crippen MR) is 128 cm³/mol. The number of ether oxygens (including phenoxy) is 3. The lowest BCUT2D eigenvalue weighted by molar-refractivity contribution is -0.115. The molecule has 0 atom stereocenters. The maximum atomic E-state index is 12.7. The van der Waals surface area contributed by atoms with E-state index >= 15 is 0 Å². The number of morpholine rings is 1. The second-order valence-electron chi connectivity index (χ2n) is 7.71. The van der Waals surface area contributed by atoms with Gasteiger partial charge in [-0.3, -0.25) is 4.79 Å². The summed E-state index contributed by atoms with van der Waals surface area (Å²) in [6.07, 6.45) is -0.170. The van der Waals surface area contributed by atoms with Crippen LogP contribution in [-0.2, 0) is 19.4 Å². The largest absolute Gasteiger partial charge is 0.492 e. The van der Waals surface area contributed by atoms with Gasteiger partial charge in [0.1, 0.15) is 11.5 Å². The lowest BCUT2D eigenvalue weighted by atomic mass is 10.2. The summed E-state index contributed by atoms with van der Waals surface area (Å²) in [5.74, 6) is 0.451. The molecule has 0 unspecified atom stereocenters. The Morgan fingerprint density at radius 3 is 2.30 bits per heavy atom. The molecule has 8 nitrogen and oxygen atoms in total. The smallest absolute Gasteiger partial charge is 0.225 e. The normalized spacial score (nSPS) is 14.1. The van der Waals surface area contributed by atoms with Crippen molar-refractivity contribution in [1.82, 2.24) is 0 Å². The van der Waals surface area contributed by atoms with Gasteiger partial charge < -0.3 is 24.4 Å². The van der Waals surface area contributed by atoms with Crippen LogP contribution in [0.1, 0.15) is 25.8 Å². The number of nitrogens with zero attached hydrogens (tertiary/aromatic N) is 1.